The summed E-state index contributed by atoms with van der Waals surface area (Å²) in [5.74, 6) is 0.236. The van der Waals surface area contributed by atoms with Crippen LogP contribution in [0.4, 0.5) is 5.69 Å². The topological polar surface area (TPSA) is 50.1 Å². The molecule has 0 aliphatic carbocycles. The third-order valence-electron chi connectivity index (χ3n) is 2.72. The monoisotopic (exact) mass is 265 g/mol. The Morgan fingerprint density at radius 1 is 1.33 bits per heavy atom. The summed E-state index contributed by atoms with van der Waals surface area (Å²) in [5, 5.41) is 16.6. The summed E-state index contributed by atoms with van der Waals surface area (Å²) >= 11 is 5.53. The highest BCUT2D eigenvalue weighted by Crippen LogP contribution is 2.20. The molecule has 0 bridgehead atoms. The summed E-state index contributed by atoms with van der Waals surface area (Å²) in [6, 6.07) is 9.96. The first kappa shape index (κ1) is 12.9. The summed E-state index contributed by atoms with van der Waals surface area (Å²) < 4.78 is 1.83. The van der Waals surface area contributed by atoms with Crippen molar-refractivity contribution in [3.05, 3.63) is 36.5 Å². The first-order valence-corrected chi connectivity index (χ1v) is 6.30. The van der Waals surface area contributed by atoms with E-state index in [1.807, 2.05) is 42.1 Å². The molecule has 0 saturated heterocycles. The highest BCUT2D eigenvalue weighted by molar-refractivity contribution is 6.18. The number of halogens is 1. The number of aliphatic hydroxyl groups is 1. The van der Waals surface area contributed by atoms with Gasteiger partial charge in [-0.05, 0) is 23.8 Å². The molecule has 0 fully saturated rings. The van der Waals surface area contributed by atoms with Crippen molar-refractivity contribution in [2.75, 3.05) is 17.7 Å². The number of nitrogens with one attached hydrogen (secondary N) is 1. The molecule has 1 aromatic carbocycles. The van der Waals surface area contributed by atoms with Crippen LogP contribution in [0.2, 0.25) is 0 Å². The zero-order valence-corrected chi connectivity index (χ0v) is 10.9. The van der Waals surface area contributed by atoms with Crippen LogP contribution in [-0.2, 0) is 7.05 Å². The molecular formula is C13H16ClN3O. The largest absolute Gasteiger partial charge is 0.390 e. The first-order valence-electron chi connectivity index (χ1n) is 5.77. The number of hydrogen-bond acceptors (Lipinski definition) is 3. The lowest BCUT2D eigenvalue weighted by Gasteiger charge is -2.10. The van der Waals surface area contributed by atoms with Crippen LogP contribution in [0.25, 0.3) is 11.3 Å². The number of benzene rings is 1. The van der Waals surface area contributed by atoms with Gasteiger partial charge in [0.25, 0.3) is 0 Å². The Hall–Kier alpha value is -1.52. The fraction of sp³-hybridized carbons (Fsp3) is 0.308. The molecule has 0 aliphatic rings. The SMILES string of the molecule is Cn1nccc1-c1ccc(NCC(O)CCl)cc1. The molecule has 96 valence electrons. The van der Waals surface area contributed by atoms with Gasteiger partial charge in [-0.3, -0.25) is 4.68 Å². The van der Waals surface area contributed by atoms with Crippen molar-refractivity contribution in [1.29, 1.82) is 0 Å². The van der Waals surface area contributed by atoms with Gasteiger partial charge in [-0.2, -0.15) is 5.10 Å². The maximum absolute atomic E-state index is 9.35. The number of aromatic nitrogens is 2. The van der Waals surface area contributed by atoms with Crippen molar-refractivity contribution in [2.45, 2.75) is 6.10 Å². The number of rotatable bonds is 5. The van der Waals surface area contributed by atoms with Gasteiger partial charge in [0.15, 0.2) is 0 Å². The van der Waals surface area contributed by atoms with Crippen LogP contribution in [0.3, 0.4) is 0 Å². The molecule has 0 radical (unpaired) electrons. The Morgan fingerprint density at radius 3 is 2.61 bits per heavy atom. The molecule has 2 aromatic rings. The molecule has 1 aromatic heterocycles. The van der Waals surface area contributed by atoms with E-state index >= 15 is 0 Å². The van der Waals surface area contributed by atoms with Crippen molar-refractivity contribution < 1.29 is 5.11 Å². The van der Waals surface area contributed by atoms with Gasteiger partial charge in [-0.25, -0.2) is 0 Å². The van der Waals surface area contributed by atoms with Gasteiger partial charge in [0.2, 0.25) is 0 Å². The molecule has 5 heteroatoms. The molecular weight excluding hydrogens is 250 g/mol. The zero-order chi connectivity index (χ0) is 13.0. The zero-order valence-electron chi connectivity index (χ0n) is 10.2. The normalized spacial score (nSPS) is 12.4. The number of nitrogens with zero attached hydrogens (tertiary/aromatic N) is 2. The molecule has 4 nitrogen and oxygen atoms in total. The van der Waals surface area contributed by atoms with Crippen LogP contribution in [0, 0.1) is 0 Å². The van der Waals surface area contributed by atoms with Gasteiger partial charge >= 0.3 is 0 Å². The van der Waals surface area contributed by atoms with Crippen LogP contribution in [0.1, 0.15) is 0 Å². The number of anilines is 1. The Balaban J connectivity index is 2.04. The minimum absolute atomic E-state index is 0.236. The molecule has 0 aliphatic heterocycles. The van der Waals surface area contributed by atoms with E-state index in [1.54, 1.807) is 6.20 Å². The second kappa shape index (κ2) is 5.89. The molecule has 0 saturated carbocycles. The van der Waals surface area contributed by atoms with E-state index in [0.29, 0.717) is 6.54 Å². The third kappa shape index (κ3) is 3.03. The molecule has 18 heavy (non-hydrogen) atoms. The predicted octanol–water partition coefficient (Wildman–Crippen LogP) is 2.10. The average Bonchev–Trinajstić information content (AvgIpc) is 2.83. The van der Waals surface area contributed by atoms with Crippen LogP contribution in [-0.4, -0.2) is 33.4 Å². The Morgan fingerprint density at radius 2 is 2.06 bits per heavy atom. The standard InChI is InChI=1S/C13H16ClN3O/c1-17-13(6-7-16-17)10-2-4-11(5-3-10)15-9-12(18)8-14/h2-7,12,15,18H,8-9H2,1H3. The fourth-order valence-electron chi connectivity index (χ4n) is 1.71. The van der Waals surface area contributed by atoms with E-state index in [2.05, 4.69) is 10.4 Å². The van der Waals surface area contributed by atoms with E-state index < -0.39 is 6.10 Å². The summed E-state index contributed by atoms with van der Waals surface area (Å²) in [4.78, 5) is 0. The van der Waals surface area contributed by atoms with E-state index in [-0.39, 0.29) is 5.88 Å². The molecule has 1 heterocycles. The fourth-order valence-corrected chi connectivity index (χ4v) is 1.82. The number of hydrogen-bond donors (Lipinski definition) is 2. The Labute approximate surface area is 111 Å². The van der Waals surface area contributed by atoms with Crippen LogP contribution >= 0.6 is 11.6 Å². The number of aliphatic hydroxyl groups excluding tert-OH is 1. The summed E-state index contributed by atoms with van der Waals surface area (Å²) in [7, 11) is 1.92. The second-order valence-corrected chi connectivity index (χ2v) is 4.42. The van der Waals surface area contributed by atoms with E-state index in [0.717, 1.165) is 16.9 Å². The third-order valence-corrected chi connectivity index (χ3v) is 3.08. The van der Waals surface area contributed by atoms with Gasteiger partial charge in [0.05, 0.1) is 17.7 Å². The lowest BCUT2D eigenvalue weighted by molar-refractivity contribution is 0.211. The molecule has 0 spiro atoms. The maximum atomic E-state index is 9.35. The van der Waals surface area contributed by atoms with Gasteiger partial charge in [-0.15, -0.1) is 11.6 Å². The highest BCUT2D eigenvalue weighted by Gasteiger charge is 2.03. The van der Waals surface area contributed by atoms with Gasteiger partial charge in [0.1, 0.15) is 0 Å². The molecule has 2 N–H and O–H groups in total. The van der Waals surface area contributed by atoms with Crippen molar-refractivity contribution in [3.8, 4) is 11.3 Å². The molecule has 2 rings (SSSR count). The Kier molecular flexibility index (Phi) is 4.23. The predicted molar refractivity (Wildman–Crippen MR) is 73.9 cm³/mol. The smallest absolute Gasteiger partial charge is 0.0847 e. The minimum atomic E-state index is -0.525. The molecule has 1 atom stereocenters. The molecule has 1 unspecified atom stereocenters. The van der Waals surface area contributed by atoms with Crippen LogP contribution < -0.4 is 5.32 Å². The summed E-state index contributed by atoms with van der Waals surface area (Å²) in [6.07, 6.45) is 1.25. The van der Waals surface area contributed by atoms with Crippen molar-refractivity contribution in [1.82, 2.24) is 9.78 Å². The van der Waals surface area contributed by atoms with Gasteiger partial charge in [-0.1, -0.05) is 12.1 Å². The average molecular weight is 266 g/mol. The molecule has 0 amide bonds. The van der Waals surface area contributed by atoms with Crippen molar-refractivity contribution in [3.63, 3.8) is 0 Å². The lowest BCUT2D eigenvalue weighted by atomic mass is 10.1. The van der Waals surface area contributed by atoms with Crippen molar-refractivity contribution in [2.24, 2.45) is 7.05 Å². The van der Waals surface area contributed by atoms with Gasteiger partial charge < -0.3 is 10.4 Å². The highest BCUT2D eigenvalue weighted by atomic mass is 35.5. The van der Waals surface area contributed by atoms with Crippen LogP contribution in [0.5, 0.6) is 0 Å². The first-order chi connectivity index (χ1) is 8.70. The summed E-state index contributed by atoms with van der Waals surface area (Å²) in [5.41, 5.74) is 3.14. The quantitative estimate of drug-likeness (QED) is 0.814. The van der Waals surface area contributed by atoms with E-state index in [1.165, 1.54) is 0 Å². The Bertz CT molecular complexity index is 495. The minimum Gasteiger partial charge on any atom is -0.390 e. The second-order valence-electron chi connectivity index (χ2n) is 4.11. The van der Waals surface area contributed by atoms with E-state index in [9.17, 15) is 5.11 Å². The van der Waals surface area contributed by atoms with E-state index in [4.69, 9.17) is 11.6 Å². The summed E-state index contributed by atoms with van der Waals surface area (Å²) in [6.45, 7) is 0.453. The maximum Gasteiger partial charge on any atom is 0.0847 e. The lowest BCUT2D eigenvalue weighted by Crippen LogP contribution is -2.20. The van der Waals surface area contributed by atoms with Crippen molar-refractivity contribution >= 4 is 17.3 Å². The number of alkyl halides is 1. The number of aryl methyl sites for hydroxylation is 1. The van der Waals surface area contributed by atoms with Gasteiger partial charge in [0, 0.05) is 25.5 Å². The van der Waals surface area contributed by atoms with Crippen LogP contribution in [0.15, 0.2) is 36.5 Å².